The molecule has 106 valence electrons. The van der Waals surface area contributed by atoms with Gasteiger partial charge >= 0.3 is 6.09 Å². The molecule has 18 heavy (non-hydrogen) atoms. The van der Waals surface area contributed by atoms with Crippen LogP contribution in [0.3, 0.4) is 0 Å². The lowest BCUT2D eigenvalue weighted by Gasteiger charge is -2.37. The Morgan fingerprint density at radius 1 is 1.33 bits per heavy atom. The van der Waals surface area contributed by atoms with E-state index >= 15 is 0 Å². The van der Waals surface area contributed by atoms with Gasteiger partial charge in [-0.05, 0) is 67.1 Å². The first-order chi connectivity index (χ1) is 8.29. The van der Waals surface area contributed by atoms with Crippen LogP contribution in [0.4, 0.5) is 4.79 Å². The van der Waals surface area contributed by atoms with Gasteiger partial charge in [0.1, 0.15) is 5.60 Å². The number of hydrogen-bond acceptors (Lipinski definition) is 3. The van der Waals surface area contributed by atoms with Gasteiger partial charge in [-0.15, -0.1) is 0 Å². The minimum Gasteiger partial charge on any atom is -0.444 e. The average molecular weight is 256 g/mol. The van der Waals surface area contributed by atoms with Gasteiger partial charge in [-0.1, -0.05) is 0 Å². The van der Waals surface area contributed by atoms with Crippen molar-refractivity contribution in [2.24, 2.45) is 0 Å². The first-order valence-corrected chi connectivity index (χ1v) is 6.94. The maximum absolute atomic E-state index is 12.2. The SMILES string of the molecule is CN(C)CCC1CCCCN1C(=O)OC(C)(C)C. The van der Waals surface area contributed by atoms with E-state index in [0.29, 0.717) is 6.04 Å². The van der Waals surface area contributed by atoms with Crippen molar-refractivity contribution in [3.63, 3.8) is 0 Å². The van der Waals surface area contributed by atoms with Crippen LogP contribution >= 0.6 is 0 Å². The van der Waals surface area contributed by atoms with E-state index in [0.717, 1.165) is 32.4 Å². The minimum atomic E-state index is -0.402. The maximum atomic E-state index is 12.2. The summed E-state index contributed by atoms with van der Waals surface area (Å²) in [5.74, 6) is 0. The summed E-state index contributed by atoms with van der Waals surface area (Å²) in [6.07, 6.45) is 4.31. The van der Waals surface area contributed by atoms with Gasteiger partial charge in [0.2, 0.25) is 0 Å². The molecule has 0 spiro atoms. The molecule has 1 atom stereocenters. The molecule has 0 aromatic heterocycles. The zero-order valence-corrected chi connectivity index (χ0v) is 12.5. The first-order valence-electron chi connectivity index (χ1n) is 6.94. The van der Waals surface area contributed by atoms with E-state index in [9.17, 15) is 4.79 Å². The van der Waals surface area contributed by atoms with Gasteiger partial charge in [-0.3, -0.25) is 0 Å². The molecule has 1 unspecified atom stereocenters. The quantitative estimate of drug-likeness (QED) is 0.778. The largest absolute Gasteiger partial charge is 0.444 e. The molecule has 0 saturated carbocycles. The summed E-state index contributed by atoms with van der Waals surface area (Å²) < 4.78 is 5.49. The Bertz CT molecular complexity index is 271. The van der Waals surface area contributed by atoms with Gasteiger partial charge in [0, 0.05) is 12.6 Å². The van der Waals surface area contributed by atoms with Crippen molar-refractivity contribution in [2.45, 2.75) is 58.1 Å². The minimum absolute atomic E-state index is 0.147. The van der Waals surface area contributed by atoms with E-state index < -0.39 is 5.60 Å². The fourth-order valence-corrected chi connectivity index (χ4v) is 2.27. The van der Waals surface area contributed by atoms with Gasteiger partial charge in [0.25, 0.3) is 0 Å². The van der Waals surface area contributed by atoms with Crippen LogP contribution in [0.1, 0.15) is 46.5 Å². The molecule has 1 aliphatic rings. The van der Waals surface area contributed by atoms with Crippen LogP contribution in [-0.4, -0.2) is 54.7 Å². The molecule has 4 nitrogen and oxygen atoms in total. The van der Waals surface area contributed by atoms with E-state index in [-0.39, 0.29) is 6.09 Å². The summed E-state index contributed by atoms with van der Waals surface area (Å²) in [5, 5.41) is 0. The fourth-order valence-electron chi connectivity index (χ4n) is 2.27. The average Bonchev–Trinajstić information content (AvgIpc) is 2.24. The molecular weight excluding hydrogens is 228 g/mol. The summed E-state index contributed by atoms with van der Waals surface area (Å²) in [4.78, 5) is 16.3. The lowest BCUT2D eigenvalue weighted by atomic mass is 10.00. The topological polar surface area (TPSA) is 32.8 Å². The molecule has 1 heterocycles. The van der Waals surface area contributed by atoms with Crippen molar-refractivity contribution >= 4 is 6.09 Å². The number of ether oxygens (including phenoxy) is 1. The summed E-state index contributed by atoms with van der Waals surface area (Å²) >= 11 is 0. The number of amides is 1. The number of hydrogen-bond donors (Lipinski definition) is 0. The van der Waals surface area contributed by atoms with Crippen molar-refractivity contribution in [1.82, 2.24) is 9.80 Å². The Balaban J connectivity index is 2.55. The second-order valence-electron chi connectivity index (χ2n) is 6.42. The molecule has 1 fully saturated rings. The normalized spacial score (nSPS) is 21.2. The summed E-state index contributed by atoms with van der Waals surface area (Å²) in [7, 11) is 4.14. The number of piperidine rings is 1. The van der Waals surface area contributed by atoms with Gasteiger partial charge in [-0.2, -0.15) is 0 Å². The smallest absolute Gasteiger partial charge is 0.410 e. The molecule has 0 radical (unpaired) electrons. The zero-order chi connectivity index (χ0) is 13.8. The van der Waals surface area contributed by atoms with Crippen LogP contribution in [0.2, 0.25) is 0 Å². The van der Waals surface area contributed by atoms with E-state index in [1.807, 2.05) is 25.7 Å². The lowest BCUT2D eigenvalue weighted by Crippen LogP contribution is -2.47. The van der Waals surface area contributed by atoms with Crippen LogP contribution in [0.25, 0.3) is 0 Å². The Morgan fingerprint density at radius 3 is 2.56 bits per heavy atom. The molecule has 1 aliphatic heterocycles. The maximum Gasteiger partial charge on any atom is 0.410 e. The summed E-state index contributed by atoms with van der Waals surface area (Å²) in [6.45, 7) is 7.62. The second-order valence-corrected chi connectivity index (χ2v) is 6.42. The van der Waals surface area contributed by atoms with E-state index in [4.69, 9.17) is 4.74 Å². The first kappa shape index (κ1) is 15.3. The van der Waals surface area contributed by atoms with Crippen molar-refractivity contribution in [2.75, 3.05) is 27.2 Å². The van der Waals surface area contributed by atoms with Gasteiger partial charge in [0.15, 0.2) is 0 Å². The van der Waals surface area contributed by atoms with Crippen LogP contribution < -0.4 is 0 Å². The molecule has 0 aliphatic carbocycles. The molecule has 1 saturated heterocycles. The predicted molar refractivity (Wildman–Crippen MR) is 73.8 cm³/mol. The highest BCUT2D eigenvalue weighted by Crippen LogP contribution is 2.22. The Hall–Kier alpha value is -0.770. The highest BCUT2D eigenvalue weighted by molar-refractivity contribution is 5.68. The van der Waals surface area contributed by atoms with Crippen LogP contribution in [0.5, 0.6) is 0 Å². The van der Waals surface area contributed by atoms with Gasteiger partial charge in [-0.25, -0.2) is 4.79 Å². The van der Waals surface area contributed by atoms with Crippen molar-refractivity contribution in [3.8, 4) is 0 Å². The van der Waals surface area contributed by atoms with Crippen molar-refractivity contribution < 1.29 is 9.53 Å². The third-order valence-corrected chi connectivity index (χ3v) is 3.16. The second kappa shape index (κ2) is 6.41. The van der Waals surface area contributed by atoms with Crippen LogP contribution in [0, 0.1) is 0 Å². The predicted octanol–water partition coefficient (Wildman–Crippen LogP) is 2.73. The number of nitrogens with zero attached hydrogens (tertiary/aromatic N) is 2. The van der Waals surface area contributed by atoms with Gasteiger partial charge in [0.05, 0.1) is 0 Å². The van der Waals surface area contributed by atoms with Crippen LogP contribution in [0.15, 0.2) is 0 Å². The number of rotatable bonds is 3. The Kier molecular flexibility index (Phi) is 5.45. The van der Waals surface area contributed by atoms with Crippen molar-refractivity contribution in [1.29, 1.82) is 0 Å². The monoisotopic (exact) mass is 256 g/mol. The van der Waals surface area contributed by atoms with Gasteiger partial charge < -0.3 is 14.5 Å². The zero-order valence-electron chi connectivity index (χ0n) is 12.5. The Labute approximate surface area is 111 Å². The summed E-state index contributed by atoms with van der Waals surface area (Å²) in [5.41, 5.74) is -0.402. The highest BCUT2D eigenvalue weighted by atomic mass is 16.6. The highest BCUT2D eigenvalue weighted by Gasteiger charge is 2.30. The molecule has 4 heteroatoms. The lowest BCUT2D eigenvalue weighted by molar-refractivity contribution is 0.00816. The Morgan fingerprint density at radius 2 is 2.00 bits per heavy atom. The third-order valence-electron chi connectivity index (χ3n) is 3.16. The van der Waals surface area contributed by atoms with Crippen LogP contribution in [-0.2, 0) is 4.74 Å². The molecule has 1 amide bonds. The number of carbonyl (C=O) groups is 1. The fraction of sp³-hybridized carbons (Fsp3) is 0.929. The number of likely N-dealkylation sites (tertiary alicyclic amines) is 1. The molecule has 0 N–H and O–H groups in total. The van der Waals surface area contributed by atoms with Crippen molar-refractivity contribution in [3.05, 3.63) is 0 Å². The molecule has 1 rings (SSSR count). The third kappa shape index (κ3) is 5.25. The molecule has 0 aromatic carbocycles. The molecule has 0 bridgehead atoms. The van der Waals surface area contributed by atoms with E-state index in [2.05, 4.69) is 19.0 Å². The number of carbonyl (C=O) groups excluding carboxylic acids is 1. The molecular formula is C14H28N2O2. The molecule has 0 aromatic rings. The van der Waals surface area contributed by atoms with E-state index in [1.165, 1.54) is 6.42 Å². The van der Waals surface area contributed by atoms with E-state index in [1.54, 1.807) is 0 Å². The summed E-state index contributed by atoms with van der Waals surface area (Å²) in [6, 6.07) is 0.344. The standard InChI is InChI=1S/C14H28N2O2/c1-14(2,3)18-13(17)16-10-7-6-8-12(16)9-11-15(4)5/h12H,6-11H2,1-5H3.